The van der Waals surface area contributed by atoms with Gasteiger partial charge in [-0.2, -0.15) is 0 Å². The summed E-state index contributed by atoms with van der Waals surface area (Å²) >= 11 is 0. The first kappa shape index (κ1) is 39.7. The van der Waals surface area contributed by atoms with Crippen LogP contribution in [-0.4, -0.2) is 21.4 Å². The molecule has 3 nitrogen and oxygen atoms in total. The van der Waals surface area contributed by atoms with E-state index >= 15 is 0 Å². The van der Waals surface area contributed by atoms with Crippen molar-refractivity contribution in [1.29, 1.82) is 0 Å². The number of hydrogen-bond donors (Lipinski definition) is 0. The molecule has 0 saturated carbocycles. The lowest BCUT2D eigenvalue weighted by Crippen LogP contribution is -2.87. The first-order valence-electron chi connectivity index (χ1n) is 23.8. The maximum Gasteiger partial charge on any atom is 0.188 e. The third kappa shape index (κ3) is 5.98. The van der Waals surface area contributed by atoms with Crippen LogP contribution in [0.3, 0.4) is 0 Å². The van der Waals surface area contributed by atoms with Gasteiger partial charge in [-0.25, -0.2) is 0 Å². The average molecular weight is 912 g/mol. The van der Waals surface area contributed by atoms with Crippen molar-refractivity contribution in [3.05, 3.63) is 261 Å². The van der Waals surface area contributed by atoms with Crippen LogP contribution in [0, 0.1) is 0 Å². The van der Waals surface area contributed by atoms with Crippen LogP contribution in [0.25, 0.3) is 49.4 Å². The molecule has 0 bridgehead atoms. The lowest BCUT2D eigenvalue weighted by Gasteiger charge is -2.46. The van der Waals surface area contributed by atoms with Crippen molar-refractivity contribution in [3.8, 4) is 28.3 Å². The summed E-state index contributed by atoms with van der Waals surface area (Å²) in [7, 11) is -4.44. The maximum absolute atomic E-state index is 6.86. The van der Waals surface area contributed by atoms with Gasteiger partial charge in [-0.3, -0.25) is 0 Å². The standard InChI is InChI=1S/C64H43N2OSi2/c1-3-21-46(22-4-1)66-54-28-10-9-26-52(54)64-51(27-18-30-55(64)66)45-37-39-47(40-38-45)65(53-29-17-20-44-19-7-8-25-50(44)53)48-41-42-59-63(43-48)69(60-34-14-11-31-56(60)67-57-32-12-15-35-61(57)69)62-36-16-13-33-58(62)68(59)49-23-5-2-6-24-49/h1-43H. The second-order valence-corrected chi connectivity index (χ2v) is 24.2. The van der Waals surface area contributed by atoms with E-state index in [1.807, 2.05) is 0 Å². The molecule has 69 heavy (non-hydrogen) atoms. The van der Waals surface area contributed by atoms with Gasteiger partial charge in [0.25, 0.3) is 0 Å². The maximum atomic E-state index is 6.86. The molecule has 14 rings (SSSR count). The Hall–Kier alpha value is -8.49. The fourth-order valence-electron chi connectivity index (χ4n) is 11.7. The molecule has 0 saturated heterocycles. The van der Waals surface area contributed by atoms with Crippen LogP contribution in [0.5, 0.6) is 11.5 Å². The van der Waals surface area contributed by atoms with E-state index in [1.165, 1.54) is 80.0 Å². The first-order chi connectivity index (χ1) is 34.3. The molecule has 0 fully saturated rings. The van der Waals surface area contributed by atoms with E-state index in [0.29, 0.717) is 0 Å². The highest BCUT2D eigenvalue weighted by atomic mass is 28.3. The summed E-state index contributed by atoms with van der Waals surface area (Å²) in [6.45, 7) is 0. The zero-order chi connectivity index (χ0) is 45.5. The van der Waals surface area contributed by atoms with Gasteiger partial charge in [-0.05, 0) is 104 Å². The van der Waals surface area contributed by atoms with Crippen molar-refractivity contribution >= 4 is 103 Å². The van der Waals surface area contributed by atoms with Crippen molar-refractivity contribution in [2.24, 2.45) is 0 Å². The Balaban J connectivity index is 1.01. The second kappa shape index (κ2) is 15.8. The Morgan fingerprint density at radius 1 is 0.406 bits per heavy atom. The smallest absolute Gasteiger partial charge is 0.188 e. The molecular weight excluding hydrogens is 869 g/mol. The number of aromatic nitrogens is 1. The molecule has 1 spiro atoms. The lowest BCUT2D eigenvalue weighted by atomic mass is 9.99. The summed E-state index contributed by atoms with van der Waals surface area (Å²) in [5.41, 5.74) is 9.32. The highest BCUT2D eigenvalue weighted by Gasteiger charge is 2.54. The molecule has 0 amide bonds. The van der Waals surface area contributed by atoms with Crippen LogP contribution in [0.4, 0.5) is 17.1 Å². The Morgan fingerprint density at radius 3 is 1.77 bits per heavy atom. The van der Waals surface area contributed by atoms with E-state index in [1.54, 1.807) is 0 Å². The van der Waals surface area contributed by atoms with Gasteiger partial charge in [0, 0.05) is 33.2 Å². The Labute approximate surface area is 404 Å². The van der Waals surface area contributed by atoms with Crippen LogP contribution in [0.2, 0.25) is 0 Å². The molecule has 0 unspecified atom stereocenters. The highest BCUT2D eigenvalue weighted by molar-refractivity contribution is 7.27. The molecular formula is C64H43N2OSi2. The van der Waals surface area contributed by atoms with E-state index in [-0.39, 0.29) is 0 Å². The van der Waals surface area contributed by atoms with E-state index in [4.69, 9.17) is 4.74 Å². The minimum Gasteiger partial charge on any atom is -0.458 e. The van der Waals surface area contributed by atoms with Crippen LogP contribution in [-0.2, 0) is 0 Å². The van der Waals surface area contributed by atoms with Gasteiger partial charge >= 0.3 is 0 Å². The van der Waals surface area contributed by atoms with Crippen molar-refractivity contribution in [3.63, 3.8) is 0 Å². The third-order valence-electron chi connectivity index (χ3n) is 14.6. The van der Waals surface area contributed by atoms with Crippen LogP contribution >= 0.6 is 0 Å². The average Bonchev–Trinajstić information content (AvgIpc) is 3.76. The molecule has 3 heterocycles. The Bertz CT molecular complexity index is 3910. The predicted molar refractivity (Wildman–Crippen MR) is 293 cm³/mol. The summed E-state index contributed by atoms with van der Waals surface area (Å²) in [4.78, 5) is 2.50. The third-order valence-corrected chi connectivity index (χ3v) is 22.8. The summed E-state index contributed by atoms with van der Waals surface area (Å²) < 4.78 is 9.26. The van der Waals surface area contributed by atoms with Crippen LogP contribution < -0.4 is 45.9 Å². The topological polar surface area (TPSA) is 17.4 Å². The Kier molecular flexibility index (Phi) is 9.09. The van der Waals surface area contributed by atoms with Gasteiger partial charge in [-0.15, -0.1) is 0 Å². The van der Waals surface area contributed by atoms with Crippen molar-refractivity contribution in [1.82, 2.24) is 4.57 Å². The number of hydrogen-bond acceptors (Lipinski definition) is 2. The normalized spacial score (nSPS) is 13.4. The summed E-state index contributed by atoms with van der Waals surface area (Å²) in [5, 5.41) is 14.7. The van der Waals surface area contributed by atoms with E-state index in [2.05, 4.69) is 270 Å². The Morgan fingerprint density at radius 2 is 0.986 bits per heavy atom. The minimum absolute atomic E-state index is 0.952. The number of benzene rings is 11. The van der Waals surface area contributed by atoms with E-state index < -0.39 is 16.9 Å². The first-order valence-corrected chi connectivity index (χ1v) is 27.3. The summed E-state index contributed by atoms with van der Waals surface area (Å²) in [5.74, 6) is 1.90. The van der Waals surface area contributed by atoms with E-state index in [9.17, 15) is 0 Å². The zero-order valence-electron chi connectivity index (χ0n) is 37.6. The van der Waals surface area contributed by atoms with Crippen LogP contribution in [0.1, 0.15) is 0 Å². The van der Waals surface area contributed by atoms with Gasteiger partial charge in [0.05, 0.1) is 16.7 Å². The lowest BCUT2D eigenvalue weighted by molar-refractivity contribution is 0.487. The fraction of sp³-hybridized carbons (Fsp3) is 0. The molecule has 11 aromatic carbocycles. The van der Waals surface area contributed by atoms with Crippen LogP contribution in [0.15, 0.2) is 261 Å². The molecule has 1 radical (unpaired) electrons. The number of anilines is 3. The number of ether oxygens (including phenoxy) is 1. The zero-order valence-corrected chi connectivity index (χ0v) is 39.6. The number of para-hydroxylation sites is 4. The molecule has 2 aliphatic heterocycles. The van der Waals surface area contributed by atoms with Gasteiger partial charge in [-0.1, -0.05) is 210 Å². The number of fused-ring (bicyclic) bond motifs is 12. The molecule has 12 aromatic rings. The van der Waals surface area contributed by atoms with Crippen molar-refractivity contribution in [2.75, 3.05) is 4.90 Å². The SMILES string of the molecule is c1ccc(-n2c3ccccc3c3c(-c4ccc(N(c5ccc6c(c5)[Si]5(c7ccccc7Oc7ccccc75)c5ccccc5[Si]6c5ccccc5)c5cccc6ccccc56)cc4)cccc32)cc1. The number of nitrogens with zero attached hydrogens (tertiary/aromatic N) is 2. The van der Waals surface area contributed by atoms with Crippen molar-refractivity contribution < 1.29 is 4.74 Å². The quantitative estimate of drug-likeness (QED) is 0.155. The van der Waals surface area contributed by atoms with Gasteiger partial charge in [0.2, 0.25) is 0 Å². The van der Waals surface area contributed by atoms with E-state index in [0.717, 1.165) is 34.2 Å². The molecule has 2 aliphatic rings. The summed E-state index contributed by atoms with van der Waals surface area (Å²) in [6, 6.07) is 96.9. The van der Waals surface area contributed by atoms with Gasteiger partial charge < -0.3 is 14.2 Å². The molecule has 0 N–H and O–H groups in total. The number of rotatable bonds is 6. The van der Waals surface area contributed by atoms with Gasteiger partial charge in [0.1, 0.15) is 11.5 Å². The second-order valence-electron chi connectivity index (χ2n) is 18.1. The van der Waals surface area contributed by atoms with Crippen molar-refractivity contribution in [2.45, 2.75) is 0 Å². The fourth-order valence-corrected chi connectivity index (χ4v) is 21.4. The molecule has 5 heteroatoms. The molecule has 0 atom stereocenters. The molecule has 0 aliphatic carbocycles. The highest BCUT2D eigenvalue weighted by Crippen LogP contribution is 2.42. The monoisotopic (exact) mass is 911 g/mol. The molecule has 1 aromatic heterocycles. The molecule has 323 valence electrons. The summed E-state index contributed by atoms with van der Waals surface area (Å²) in [6.07, 6.45) is 0. The van der Waals surface area contributed by atoms with Gasteiger partial charge in [0.15, 0.2) is 16.9 Å². The largest absolute Gasteiger partial charge is 0.458 e. The predicted octanol–water partition coefficient (Wildman–Crippen LogP) is 11.4. The minimum atomic E-state index is -3.01.